The molecular weight excluding hydrogens is 219 g/mol. The fourth-order valence-electron chi connectivity index (χ4n) is 0.291. The monoisotopic (exact) mass is 228 g/mol. The van der Waals surface area contributed by atoms with Crippen LogP contribution in [0, 0.1) is 0 Å². The molecule has 1 atom stereocenters. The van der Waals surface area contributed by atoms with E-state index in [4.69, 9.17) is 10.8 Å². The van der Waals surface area contributed by atoms with E-state index in [9.17, 15) is 0 Å². The number of allylic oxidation sites excluding steroid dienone is 1. The molecule has 0 fully saturated rings. The SMILES string of the molecule is C/C(O)=C/C(N)NI. The smallest absolute Gasteiger partial charge is 0.0880 e. The molecule has 0 spiro atoms. The molecule has 4 heteroatoms. The first-order valence-electron chi connectivity index (χ1n) is 2.16. The highest BCUT2D eigenvalue weighted by atomic mass is 127. The minimum atomic E-state index is -0.249. The second-order valence-electron chi connectivity index (χ2n) is 1.44. The van der Waals surface area contributed by atoms with E-state index in [1.807, 2.05) is 22.9 Å². The number of nitrogens with two attached hydrogens (primary N) is 1. The van der Waals surface area contributed by atoms with E-state index in [2.05, 4.69) is 3.53 Å². The van der Waals surface area contributed by atoms with Crippen LogP contribution in [-0.2, 0) is 0 Å². The third kappa shape index (κ3) is 4.35. The van der Waals surface area contributed by atoms with Crippen LogP contribution in [-0.4, -0.2) is 11.3 Å². The van der Waals surface area contributed by atoms with Gasteiger partial charge < -0.3 is 10.8 Å². The summed E-state index contributed by atoms with van der Waals surface area (Å²) in [5.74, 6) is 0.238. The highest BCUT2D eigenvalue weighted by Gasteiger charge is 1.91. The maximum Gasteiger partial charge on any atom is 0.0880 e. The second-order valence-corrected chi connectivity index (χ2v) is 2.07. The molecule has 0 radical (unpaired) electrons. The average Bonchev–Trinajstić information content (AvgIpc) is 1.65. The van der Waals surface area contributed by atoms with Crippen LogP contribution in [0.1, 0.15) is 6.92 Å². The molecule has 3 nitrogen and oxygen atoms in total. The maximum atomic E-state index is 8.59. The second kappa shape index (κ2) is 4.11. The quantitative estimate of drug-likeness (QED) is 0.282. The van der Waals surface area contributed by atoms with Crippen LogP contribution in [0.5, 0.6) is 0 Å². The van der Waals surface area contributed by atoms with Crippen LogP contribution in [0.25, 0.3) is 0 Å². The Morgan fingerprint density at radius 3 is 2.62 bits per heavy atom. The zero-order valence-electron chi connectivity index (χ0n) is 4.56. The normalized spacial score (nSPS) is 16.1. The van der Waals surface area contributed by atoms with Crippen molar-refractivity contribution in [1.82, 2.24) is 3.53 Å². The summed E-state index contributed by atoms with van der Waals surface area (Å²) in [5, 5.41) is 8.59. The molecule has 0 aromatic carbocycles. The van der Waals surface area contributed by atoms with E-state index in [-0.39, 0.29) is 11.9 Å². The molecule has 0 aliphatic rings. The third-order valence-corrected chi connectivity index (χ3v) is 1.27. The van der Waals surface area contributed by atoms with Gasteiger partial charge in [0.05, 0.1) is 11.9 Å². The zero-order chi connectivity index (χ0) is 6.57. The molecule has 0 aromatic heterocycles. The number of rotatable bonds is 2. The maximum absolute atomic E-state index is 8.59. The zero-order valence-corrected chi connectivity index (χ0v) is 6.71. The van der Waals surface area contributed by atoms with E-state index in [0.29, 0.717) is 0 Å². The molecule has 0 aromatic rings. The molecule has 0 saturated heterocycles. The van der Waals surface area contributed by atoms with Crippen LogP contribution in [0.4, 0.5) is 0 Å². The van der Waals surface area contributed by atoms with Crippen molar-refractivity contribution < 1.29 is 5.11 Å². The van der Waals surface area contributed by atoms with Gasteiger partial charge in [-0.1, -0.05) is 0 Å². The average molecular weight is 228 g/mol. The van der Waals surface area contributed by atoms with Gasteiger partial charge in [-0.25, -0.2) is 3.53 Å². The van der Waals surface area contributed by atoms with Gasteiger partial charge in [-0.3, -0.25) is 0 Å². The van der Waals surface area contributed by atoms with Gasteiger partial charge >= 0.3 is 0 Å². The van der Waals surface area contributed by atoms with Crippen molar-refractivity contribution >= 4 is 22.9 Å². The van der Waals surface area contributed by atoms with Crippen molar-refractivity contribution in [2.24, 2.45) is 5.73 Å². The lowest BCUT2D eigenvalue weighted by Crippen LogP contribution is -2.28. The van der Waals surface area contributed by atoms with Gasteiger partial charge in [-0.05, 0) is 13.0 Å². The summed E-state index contributed by atoms with van der Waals surface area (Å²) in [4.78, 5) is 0. The number of halogens is 1. The summed E-state index contributed by atoms with van der Waals surface area (Å²) in [6.07, 6.45) is 1.27. The fourth-order valence-corrected chi connectivity index (χ4v) is 0.471. The van der Waals surface area contributed by atoms with Gasteiger partial charge in [0.2, 0.25) is 0 Å². The largest absolute Gasteiger partial charge is 0.513 e. The molecule has 4 N–H and O–H groups in total. The highest BCUT2D eigenvalue weighted by Crippen LogP contribution is 1.86. The van der Waals surface area contributed by atoms with Crippen LogP contribution >= 0.6 is 22.9 Å². The van der Waals surface area contributed by atoms with Gasteiger partial charge in [-0.15, -0.1) is 0 Å². The van der Waals surface area contributed by atoms with Crippen LogP contribution in [0.15, 0.2) is 11.8 Å². The van der Waals surface area contributed by atoms with Gasteiger partial charge in [0.15, 0.2) is 0 Å². The lowest BCUT2D eigenvalue weighted by Gasteiger charge is -2.00. The van der Waals surface area contributed by atoms with Crippen molar-refractivity contribution in [3.63, 3.8) is 0 Å². The minimum Gasteiger partial charge on any atom is -0.513 e. The predicted molar refractivity (Wildman–Crippen MR) is 41.5 cm³/mol. The molecule has 0 aliphatic carbocycles. The molecule has 0 heterocycles. The number of aliphatic hydroxyl groups excluding tert-OH is 1. The Morgan fingerprint density at radius 2 is 2.50 bits per heavy atom. The lowest BCUT2D eigenvalue weighted by molar-refractivity contribution is 0.409. The van der Waals surface area contributed by atoms with Gasteiger partial charge in [-0.2, -0.15) is 0 Å². The first-order valence-corrected chi connectivity index (χ1v) is 3.24. The number of hydrogen-bond acceptors (Lipinski definition) is 3. The standard InChI is InChI=1S/C4H9IN2O/c1-3(8)2-4(6)7-5/h2,4,7-8H,6H2,1H3/b3-2-. The Balaban J connectivity index is 3.51. The van der Waals surface area contributed by atoms with Crippen molar-refractivity contribution in [1.29, 1.82) is 0 Å². The van der Waals surface area contributed by atoms with E-state index >= 15 is 0 Å². The topological polar surface area (TPSA) is 58.3 Å². The molecule has 0 rings (SSSR count). The van der Waals surface area contributed by atoms with Crippen molar-refractivity contribution in [3.05, 3.63) is 11.8 Å². The Hall–Kier alpha value is 0.190. The van der Waals surface area contributed by atoms with Crippen molar-refractivity contribution in [2.75, 3.05) is 0 Å². The number of hydrogen-bond donors (Lipinski definition) is 3. The van der Waals surface area contributed by atoms with E-state index in [1.54, 1.807) is 6.92 Å². The number of nitrogens with one attached hydrogen (secondary N) is 1. The van der Waals surface area contributed by atoms with Gasteiger partial charge in [0.25, 0.3) is 0 Å². The summed E-state index contributed by atoms with van der Waals surface area (Å²) < 4.78 is 2.71. The van der Waals surface area contributed by atoms with Gasteiger partial charge in [0.1, 0.15) is 0 Å². The summed E-state index contributed by atoms with van der Waals surface area (Å²) in [5.41, 5.74) is 5.32. The molecule has 8 heavy (non-hydrogen) atoms. The summed E-state index contributed by atoms with van der Waals surface area (Å²) >= 11 is 1.92. The van der Waals surface area contributed by atoms with E-state index in [1.165, 1.54) is 6.08 Å². The van der Waals surface area contributed by atoms with Crippen LogP contribution in [0.3, 0.4) is 0 Å². The lowest BCUT2D eigenvalue weighted by atomic mass is 10.4. The molecule has 48 valence electrons. The number of aliphatic hydroxyl groups is 1. The Labute approximate surface area is 62.4 Å². The summed E-state index contributed by atoms with van der Waals surface area (Å²) in [6.45, 7) is 1.58. The van der Waals surface area contributed by atoms with Crippen molar-refractivity contribution in [3.8, 4) is 0 Å². The highest BCUT2D eigenvalue weighted by molar-refractivity contribution is 14.1. The van der Waals surface area contributed by atoms with Gasteiger partial charge in [0, 0.05) is 22.9 Å². The molecule has 0 aliphatic heterocycles. The molecule has 0 bridgehead atoms. The van der Waals surface area contributed by atoms with Crippen LogP contribution in [0.2, 0.25) is 0 Å². The van der Waals surface area contributed by atoms with Crippen LogP contribution < -0.4 is 9.26 Å². The minimum absolute atomic E-state index is 0.238. The predicted octanol–water partition coefficient (Wildman–Crippen LogP) is 0.673. The Kier molecular flexibility index (Phi) is 4.20. The third-order valence-electron chi connectivity index (χ3n) is 0.547. The van der Waals surface area contributed by atoms with E-state index < -0.39 is 0 Å². The summed E-state index contributed by atoms with van der Waals surface area (Å²) in [6, 6.07) is 0. The molecular formula is C4H9IN2O. The Morgan fingerprint density at radius 1 is 2.00 bits per heavy atom. The Bertz CT molecular complexity index is 90.0. The first kappa shape index (κ1) is 8.19. The first-order chi connectivity index (χ1) is 3.66. The van der Waals surface area contributed by atoms with Crippen molar-refractivity contribution in [2.45, 2.75) is 13.1 Å². The molecule has 0 saturated carbocycles. The fraction of sp³-hybridized carbons (Fsp3) is 0.500. The molecule has 1 unspecified atom stereocenters. The summed E-state index contributed by atoms with van der Waals surface area (Å²) in [7, 11) is 0. The van der Waals surface area contributed by atoms with E-state index in [0.717, 1.165) is 0 Å². The molecule has 0 amide bonds.